The molecule has 0 radical (unpaired) electrons. The van der Waals surface area contributed by atoms with Crippen molar-refractivity contribution in [3.63, 3.8) is 0 Å². The molecule has 0 saturated heterocycles. The molecule has 0 aromatic heterocycles. The third-order valence-electron chi connectivity index (χ3n) is 1.68. The molecule has 5 nitrogen and oxygen atoms in total. The van der Waals surface area contributed by atoms with E-state index in [1.54, 1.807) is 6.92 Å². The molecule has 1 atom stereocenters. The van der Waals surface area contributed by atoms with E-state index < -0.39 is 23.8 Å². The van der Waals surface area contributed by atoms with Crippen molar-refractivity contribution in [1.82, 2.24) is 4.90 Å². The first-order valence-corrected chi connectivity index (χ1v) is 4.75. The summed E-state index contributed by atoms with van der Waals surface area (Å²) >= 11 is 3.80. The Morgan fingerprint density at radius 3 is 2.14 bits per heavy atom. The average Bonchev–Trinajstić information content (AvgIpc) is 2.11. The predicted octanol–water partition coefficient (Wildman–Crippen LogP) is 0.154. The van der Waals surface area contributed by atoms with Crippen LogP contribution in [0.1, 0.15) is 20.3 Å². The number of amides is 2. The molecule has 0 aliphatic heterocycles. The number of nitrogens with zero attached hydrogens (tertiary/aromatic N) is 1. The minimum Gasteiger partial charge on any atom is -0.480 e. The lowest BCUT2D eigenvalue weighted by Gasteiger charge is -2.24. The zero-order valence-electron chi connectivity index (χ0n) is 8.06. The summed E-state index contributed by atoms with van der Waals surface area (Å²) in [6.45, 7) is 2.72. The summed E-state index contributed by atoms with van der Waals surface area (Å²) in [6.07, 6.45) is 0.0944. The summed E-state index contributed by atoms with van der Waals surface area (Å²) in [4.78, 5) is 33.8. The summed E-state index contributed by atoms with van der Waals surface area (Å²) in [5.41, 5.74) is 0. The van der Waals surface area contributed by atoms with E-state index in [2.05, 4.69) is 12.6 Å². The molecule has 80 valence electrons. The van der Waals surface area contributed by atoms with Gasteiger partial charge in [0.05, 0.1) is 0 Å². The number of carboxylic acid groups (broad SMARTS) is 1. The maximum absolute atomic E-state index is 11.3. The molecule has 0 unspecified atom stereocenters. The number of hydrogen-bond acceptors (Lipinski definition) is 4. The first kappa shape index (κ1) is 13.0. The van der Waals surface area contributed by atoms with Crippen molar-refractivity contribution in [2.75, 3.05) is 5.75 Å². The minimum absolute atomic E-state index is 0.0827. The molecule has 0 rings (SSSR count). The third kappa shape index (κ3) is 3.02. The highest BCUT2D eigenvalue weighted by atomic mass is 32.1. The first-order valence-electron chi connectivity index (χ1n) is 4.12. The van der Waals surface area contributed by atoms with Gasteiger partial charge in [-0.3, -0.25) is 14.5 Å². The van der Waals surface area contributed by atoms with E-state index in [1.165, 1.54) is 0 Å². The third-order valence-corrected chi connectivity index (χ3v) is 2.03. The number of carbonyl (C=O) groups excluding carboxylic acids is 2. The zero-order chi connectivity index (χ0) is 11.3. The van der Waals surface area contributed by atoms with Gasteiger partial charge in [0.15, 0.2) is 0 Å². The van der Waals surface area contributed by atoms with Crippen molar-refractivity contribution < 1.29 is 19.5 Å². The lowest BCUT2D eigenvalue weighted by atomic mass is 10.2. The molecule has 0 aromatic rings. The molecule has 14 heavy (non-hydrogen) atoms. The average molecular weight is 219 g/mol. The Bertz CT molecular complexity index is 254. The van der Waals surface area contributed by atoms with Crippen molar-refractivity contribution in [1.29, 1.82) is 0 Å². The van der Waals surface area contributed by atoms with E-state index in [4.69, 9.17) is 5.11 Å². The maximum Gasteiger partial charge on any atom is 0.327 e. The fourth-order valence-corrected chi connectivity index (χ4v) is 1.33. The standard InChI is InChI=1S/C8H13NO4S/c1-3-7(11)9(5(2)10)6(4-14)8(12)13/h6,14H,3-4H2,1-2H3,(H,12,13)/t6-/m0/s1. The second-order valence-corrected chi connectivity index (χ2v) is 3.04. The van der Waals surface area contributed by atoms with Crippen LogP contribution in [0.15, 0.2) is 0 Å². The number of carbonyl (C=O) groups is 3. The number of carboxylic acids is 1. The molecule has 6 heteroatoms. The van der Waals surface area contributed by atoms with Crippen LogP contribution in [-0.4, -0.2) is 39.6 Å². The molecule has 0 aliphatic rings. The van der Waals surface area contributed by atoms with E-state index in [-0.39, 0.29) is 12.2 Å². The van der Waals surface area contributed by atoms with Crippen molar-refractivity contribution in [3.8, 4) is 0 Å². The number of imide groups is 1. The van der Waals surface area contributed by atoms with Crippen LogP contribution in [-0.2, 0) is 14.4 Å². The molecule has 0 aromatic carbocycles. The monoisotopic (exact) mass is 219 g/mol. The normalized spacial score (nSPS) is 11.9. The fraction of sp³-hybridized carbons (Fsp3) is 0.625. The lowest BCUT2D eigenvalue weighted by molar-refractivity contribution is -0.156. The summed E-state index contributed by atoms with van der Waals surface area (Å²) in [7, 11) is 0. The Kier molecular flexibility index (Phi) is 5.22. The highest BCUT2D eigenvalue weighted by Gasteiger charge is 2.30. The fourth-order valence-electron chi connectivity index (χ4n) is 1.01. The number of thiol groups is 1. The Morgan fingerprint density at radius 2 is 1.93 bits per heavy atom. The van der Waals surface area contributed by atoms with Crippen LogP contribution in [0.5, 0.6) is 0 Å². The van der Waals surface area contributed by atoms with Gasteiger partial charge in [-0.2, -0.15) is 12.6 Å². The maximum atomic E-state index is 11.3. The Morgan fingerprint density at radius 1 is 1.43 bits per heavy atom. The topological polar surface area (TPSA) is 74.7 Å². The van der Waals surface area contributed by atoms with Crippen LogP contribution >= 0.6 is 12.6 Å². The smallest absolute Gasteiger partial charge is 0.327 e. The first-order chi connectivity index (χ1) is 6.45. The van der Waals surface area contributed by atoms with E-state index >= 15 is 0 Å². The van der Waals surface area contributed by atoms with Gasteiger partial charge < -0.3 is 5.11 Å². The van der Waals surface area contributed by atoms with Gasteiger partial charge in [-0.15, -0.1) is 0 Å². The quantitative estimate of drug-likeness (QED) is 0.660. The highest BCUT2D eigenvalue weighted by molar-refractivity contribution is 7.80. The van der Waals surface area contributed by atoms with Crippen LogP contribution in [0.3, 0.4) is 0 Å². The van der Waals surface area contributed by atoms with Crippen molar-refractivity contribution in [3.05, 3.63) is 0 Å². The number of hydrogen-bond donors (Lipinski definition) is 2. The highest BCUT2D eigenvalue weighted by Crippen LogP contribution is 2.05. The van der Waals surface area contributed by atoms with E-state index in [9.17, 15) is 14.4 Å². The van der Waals surface area contributed by atoms with E-state index in [1.807, 2.05) is 0 Å². The molecular weight excluding hydrogens is 206 g/mol. The zero-order valence-corrected chi connectivity index (χ0v) is 8.95. The largest absolute Gasteiger partial charge is 0.480 e. The van der Waals surface area contributed by atoms with Gasteiger partial charge in [0.2, 0.25) is 11.8 Å². The van der Waals surface area contributed by atoms with Crippen LogP contribution in [0.25, 0.3) is 0 Å². The van der Waals surface area contributed by atoms with Crippen LogP contribution in [0.4, 0.5) is 0 Å². The van der Waals surface area contributed by atoms with Crippen LogP contribution < -0.4 is 0 Å². The van der Waals surface area contributed by atoms with Crippen molar-refractivity contribution in [2.24, 2.45) is 0 Å². The lowest BCUT2D eigenvalue weighted by Crippen LogP contribution is -2.48. The van der Waals surface area contributed by atoms with E-state index in [0.29, 0.717) is 0 Å². The van der Waals surface area contributed by atoms with Crippen molar-refractivity contribution in [2.45, 2.75) is 26.3 Å². The van der Waals surface area contributed by atoms with Gasteiger partial charge in [-0.1, -0.05) is 6.92 Å². The Balaban J connectivity index is 4.88. The molecule has 2 amide bonds. The molecular formula is C8H13NO4S. The second-order valence-electron chi connectivity index (χ2n) is 2.67. The molecule has 0 aliphatic carbocycles. The second kappa shape index (κ2) is 5.64. The molecule has 0 saturated carbocycles. The molecule has 0 heterocycles. The van der Waals surface area contributed by atoms with Gasteiger partial charge >= 0.3 is 5.97 Å². The summed E-state index contributed by atoms with van der Waals surface area (Å²) < 4.78 is 0. The van der Waals surface area contributed by atoms with Gasteiger partial charge in [-0.25, -0.2) is 4.79 Å². The van der Waals surface area contributed by atoms with Crippen LogP contribution in [0.2, 0.25) is 0 Å². The molecule has 1 N–H and O–H groups in total. The Labute approximate surface area is 87.5 Å². The van der Waals surface area contributed by atoms with Crippen molar-refractivity contribution >= 4 is 30.4 Å². The summed E-state index contributed by atoms with van der Waals surface area (Å²) in [5, 5.41) is 8.74. The minimum atomic E-state index is -1.22. The number of aliphatic carboxylic acids is 1. The number of rotatable bonds is 4. The summed E-state index contributed by atoms with van der Waals surface area (Å²) in [6, 6.07) is -1.18. The van der Waals surface area contributed by atoms with Gasteiger partial charge in [0.1, 0.15) is 6.04 Å². The SMILES string of the molecule is CCC(=O)N(C(C)=O)[C@@H](CS)C(=O)O. The van der Waals surface area contributed by atoms with Gasteiger partial charge in [0.25, 0.3) is 0 Å². The molecule has 0 spiro atoms. The van der Waals surface area contributed by atoms with E-state index in [0.717, 1.165) is 11.8 Å². The molecule has 0 bridgehead atoms. The van der Waals surface area contributed by atoms with Gasteiger partial charge in [-0.05, 0) is 0 Å². The predicted molar refractivity (Wildman–Crippen MR) is 53.1 cm³/mol. The molecule has 0 fully saturated rings. The Hall–Kier alpha value is -1.04. The summed E-state index contributed by atoms with van der Waals surface area (Å²) in [5.74, 6) is -2.38. The van der Waals surface area contributed by atoms with Crippen LogP contribution in [0, 0.1) is 0 Å². The van der Waals surface area contributed by atoms with Gasteiger partial charge in [0, 0.05) is 19.1 Å².